The molecule has 0 spiro atoms. The van der Waals surface area contributed by atoms with E-state index in [0.717, 1.165) is 31.6 Å². The second kappa shape index (κ2) is 8.68. The number of nitrogens with two attached hydrogens (primary N) is 1. The molecule has 1 aliphatic rings. The van der Waals surface area contributed by atoms with Gasteiger partial charge in [0, 0.05) is 26.2 Å². The largest absolute Gasteiger partial charge is 0.337 e. The summed E-state index contributed by atoms with van der Waals surface area (Å²) in [5.74, 6) is 0.149. The Balaban J connectivity index is 1.75. The highest BCUT2D eigenvalue weighted by molar-refractivity contribution is 5.79. The van der Waals surface area contributed by atoms with Crippen LogP contribution in [0.3, 0.4) is 0 Å². The summed E-state index contributed by atoms with van der Waals surface area (Å²) >= 11 is 0. The number of carbonyl (C=O) groups excluding carboxylic acids is 1. The summed E-state index contributed by atoms with van der Waals surface area (Å²) in [7, 11) is 1.93. The normalized spacial score (nSPS) is 18.4. The highest BCUT2D eigenvalue weighted by Gasteiger charge is 2.27. The average Bonchev–Trinajstić information content (AvgIpc) is 3.08. The molecule has 4 heteroatoms. The fraction of sp³-hybridized carbons (Fsp3) is 0.435. The first-order chi connectivity index (χ1) is 12.9. The molecule has 0 aromatic heterocycles. The van der Waals surface area contributed by atoms with Crippen molar-refractivity contribution >= 4 is 5.91 Å². The minimum Gasteiger partial charge on any atom is -0.337 e. The van der Waals surface area contributed by atoms with Gasteiger partial charge in [-0.05, 0) is 49.1 Å². The lowest BCUT2D eigenvalue weighted by atomic mass is 10.0. The molecule has 2 atom stereocenters. The van der Waals surface area contributed by atoms with Crippen molar-refractivity contribution in [3.8, 4) is 0 Å². The van der Waals surface area contributed by atoms with Crippen molar-refractivity contribution in [1.29, 1.82) is 0 Å². The van der Waals surface area contributed by atoms with Crippen molar-refractivity contribution in [2.75, 3.05) is 26.7 Å². The summed E-state index contributed by atoms with van der Waals surface area (Å²) < 4.78 is 0. The van der Waals surface area contributed by atoms with Crippen molar-refractivity contribution in [2.24, 2.45) is 5.73 Å². The van der Waals surface area contributed by atoms with Crippen LogP contribution < -0.4 is 5.73 Å². The Kier molecular flexibility index (Phi) is 6.30. The quantitative estimate of drug-likeness (QED) is 0.856. The molecule has 144 valence electrons. The molecule has 27 heavy (non-hydrogen) atoms. The van der Waals surface area contributed by atoms with Gasteiger partial charge in [0.15, 0.2) is 0 Å². The van der Waals surface area contributed by atoms with Crippen molar-refractivity contribution in [3.63, 3.8) is 0 Å². The van der Waals surface area contributed by atoms with Crippen molar-refractivity contribution in [3.05, 3.63) is 70.8 Å². The van der Waals surface area contributed by atoms with E-state index in [9.17, 15) is 4.79 Å². The fourth-order valence-corrected chi connectivity index (χ4v) is 3.79. The van der Waals surface area contributed by atoms with Gasteiger partial charge in [0.2, 0.25) is 5.91 Å². The van der Waals surface area contributed by atoms with Gasteiger partial charge < -0.3 is 10.6 Å². The molecule has 1 amide bonds. The topological polar surface area (TPSA) is 49.6 Å². The molecule has 0 saturated carbocycles. The van der Waals surface area contributed by atoms with Crippen LogP contribution in [0.15, 0.2) is 48.5 Å². The maximum absolute atomic E-state index is 13.0. The summed E-state index contributed by atoms with van der Waals surface area (Å²) in [5.41, 5.74) is 10.8. The molecule has 0 aliphatic carbocycles. The predicted molar refractivity (Wildman–Crippen MR) is 111 cm³/mol. The number of likely N-dealkylation sites (N-methyl/N-ethyl adjacent to an activating group) is 1. The Bertz CT molecular complexity index is 774. The summed E-state index contributed by atoms with van der Waals surface area (Å²) in [4.78, 5) is 17.3. The molecular weight excluding hydrogens is 334 g/mol. The SMILES string of the molecule is Cc1ccc(CC(=O)N(C)C(CN2CCC(N)C2)c2ccccc2)cc1C. The molecule has 1 aliphatic heterocycles. The van der Waals surface area contributed by atoms with Gasteiger partial charge in [-0.25, -0.2) is 0 Å². The van der Waals surface area contributed by atoms with Gasteiger partial charge in [-0.1, -0.05) is 48.5 Å². The number of carbonyl (C=O) groups is 1. The summed E-state index contributed by atoms with van der Waals surface area (Å²) in [6, 6.07) is 16.9. The van der Waals surface area contributed by atoms with E-state index in [2.05, 4.69) is 49.1 Å². The standard InChI is InChI=1S/C23H31N3O/c1-17-9-10-19(13-18(17)2)14-23(27)25(3)22(20-7-5-4-6-8-20)16-26-12-11-21(24)15-26/h4-10,13,21-22H,11-12,14-16,24H2,1-3H3. The van der Waals surface area contributed by atoms with Gasteiger partial charge in [0.25, 0.3) is 0 Å². The zero-order valence-electron chi connectivity index (χ0n) is 16.7. The van der Waals surface area contributed by atoms with Gasteiger partial charge in [0.05, 0.1) is 12.5 Å². The first-order valence-electron chi connectivity index (χ1n) is 9.78. The minimum atomic E-state index is 0.0375. The Morgan fingerprint density at radius 1 is 1.19 bits per heavy atom. The van der Waals surface area contributed by atoms with Crippen LogP contribution >= 0.6 is 0 Å². The van der Waals surface area contributed by atoms with E-state index in [1.807, 2.05) is 30.1 Å². The highest BCUT2D eigenvalue weighted by atomic mass is 16.2. The second-order valence-electron chi connectivity index (χ2n) is 7.83. The van der Waals surface area contributed by atoms with Crippen LogP contribution in [0.2, 0.25) is 0 Å². The third-order valence-electron chi connectivity index (χ3n) is 5.71. The van der Waals surface area contributed by atoms with Gasteiger partial charge in [-0.15, -0.1) is 0 Å². The molecule has 0 bridgehead atoms. The van der Waals surface area contributed by atoms with Crippen LogP contribution in [0, 0.1) is 13.8 Å². The van der Waals surface area contributed by atoms with E-state index in [-0.39, 0.29) is 18.0 Å². The van der Waals surface area contributed by atoms with Crippen molar-refractivity contribution < 1.29 is 4.79 Å². The molecule has 0 radical (unpaired) electrons. The maximum Gasteiger partial charge on any atom is 0.227 e. The molecular formula is C23H31N3O. The number of hydrogen-bond acceptors (Lipinski definition) is 3. The number of benzene rings is 2. The van der Waals surface area contributed by atoms with Gasteiger partial charge in [-0.2, -0.15) is 0 Å². The molecule has 1 heterocycles. The molecule has 2 unspecified atom stereocenters. The van der Waals surface area contributed by atoms with E-state index in [4.69, 9.17) is 5.73 Å². The lowest BCUT2D eigenvalue weighted by Crippen LogP contribution is -2.40. The van der Waals surface area contributed by atoms with E-state index in [1.165, 1.54) is 16.7 Å². The predicted octanol–water partition coefficient (Wildman–Crippen LogP) is 3.08. The minimum absolute atomic E-state index is 0.0375. The van der Waals surface area contributed by atoms with Crippen LogP contribution in [-0.2, 0) is 11.2 Å². The molecule has 2 N–H and O–H groups in total. The molecule has 1 saturated heterocycles. The van der Waals surface area contributed by atoms with Gasteiger partial charge in [0.1, 0.15) is 0 Å². The maximum atomic E-state index is 13.0. The average molecular weight is 366 g/mol. The first kappa shape index (κ1) is 19.6. The van der Waals surface area contributed by atoms with E-state index in [0.29, 0.717) is 6.42 Å². The zero-order chi connectivity index (χ0) is 19.4. The summed E-state index contributed by atoms with van der Waals surface area (Å²) in [6.45, 7) is 6.93. The fourth-order valence-electron chi connectivity index (χ4n) is 3.79. The van der Waals surface area contributed by atoms with Crippen LogP contribution in [0.5, 0.6) is 0 Å². The van der Waals surface area contributed by atoms with E-state index in [1.54, 1.807) is 0 Å². The molecule has 2 aromatic rings. The van der Waals surface area contributed by atoms with Crippen LogP contribution in [0.25, 0.3) is 0 Å². The van der Waals surface area contributed by atoms with Crippen LogP contribution in [0.1, 0.15) is 34.7 Å². The van der Waals surface area contributed by atoms with E-state index < -0.39 is 0 Å². The molecule has 2 aromatic carbocycles. The monoisotopic (exact) mass is 365 g/mol. The molecule has 1 fully saturated rings. The van der Waals surface area contributed by atoms with Crippen molar-refractivity contribution in [2.45, 2.75) is 38.8 Å². The number of nitrogens with zero attached hydrogens (tertiary/aromatic N) is 2. The Labute approximate surface area is 163 Å². The van der Waals surface area contributed by atoms with Gasteiger partial charge in [-0.3, -0.25) is 9.69 Å². The molecule has 4 nitrogen and oxygen atoms in total. The number of likely N-dealkylation sites (tertiary alicyclic amines) is 1. The summed E-state index contributed by atoms with van der Waals surface area (Å²) in [5, 5.41) is 0. The van der Waals surface area contributed by atoms with Crippen molar-refractivity contribution in [1.82, 2.24) is 9.80 Å². The highest BCUT2D eigenvalue weighted by Crippen LogP contribution is 2.24. The van der Waals surface area contributed by atoms with Crippen LogP contribution in [0.4, 0.5) is 0 Å². The Morgan fingerprint density at radius 2 is 1.93 bits per heavy atom. The van der Waals surface area contributed by atoms with Crippen LogP contribution in [-0.4, -0.2) is 48.4 Å². The first-order valence-corrected chi connectivity index (χ1v) is 9.78. The number of rotatable bonds is 6. The lowest BCUT2D eigenvalue weighted by Gasteiger charge is -2.32. The Hall–Kier alpha value is -2.17. The number of aryl methyl sites for hydroxylation is 2. The zero-order valence-corrected chi connectivity index (χ0v) is 16.7. The van der Waals surface area contributed by atoms with E-state index >= 15 is 0 Å². The number of hydrogen-bond donors (Lipinski definition) is 1. The third-order valence-corrected chi connectivity index (χ3v) is 5.71. The number of amides is 1. The smallest absolute Gasteiger partial charge is 0.227 e. The lowest BCUT2D eigenvalue weighted by molar-refractivity contribution is -0.131. The van der Waals surface area contributed by atoms with Gasteiger partial charge >= 0.3 is 0 Å². The molecule has 3 rings (SSSR count). The Morgan fingerprint density at radius 3 is 2.56 bits per heavy atom. The summed E-state index contributed by atoms with van der Waals surface area (Å²) in [6.07, 6.45) is 1.46. The second-order valence-corrected chi connectivity index (χ2v) is 7.83. The third kappa shape index (κ3) is 4.96.